The van der Waals surface area contributed by atoms with Crippen LogP contribution in [0, 0.1) is 0 Å². The molecule has 0 bridgehead atoms. The number of hydrogen-bond donors (Lipinski definition) is 1. The van der Waals surface area contributed by atoms with E-state index < -0.39 is 10.8 Å². The largest absolute Gasteiger partial charge is 0.493 e. The molecule has 0 fully saturated rings. The van der Waals surface area contributed by atoms with Crippen molar-refractivity contribution in [1.29, 1.82) is 0 Å². The summed E-state index contributed by atoms with van der Waals surface area (Å²) < 4.78 is 17.5. The highest BCUT2D eigenvalue weighted by Gasteiger charge is 2.03. The summed E-state index contributed by atoms with van der Waals surface area (Å²) in [5, 5.41) is 0.695. The van der Waals surface area contributed by atoms with Gasteiger partial charge in [0.25, 0.3) is 0 Å². The second-order valence-corrected chi connectivity index (χ2v) is 6.70. The minimum Gasteiger partial charge on any atom is -0.493 e. The molecular weight excluding hydrogens is 306 g/mol. The van der Waals surface area contributed by atoms with E-state index in [9.17, 15) is 4.21 Å². The van der Waals surface area contributed by atoms with Crippen molar-refractivity contribution in [2.75, 3.05) is 18.1 Å². The number of halogens is 1. The Hall–Kier alpha value is -1.52. The molecular formula is C16H18ClNO2S. The van der Waals surface area contributed by atoms with Gasteiger partial charge in [-0.15, -0.1) is 0 Å². The molecule has 21 heavy (non-hydrogen) atoms. The maximum Gasteiger partial charge on any atom is 0.121 e. The molecule has 0 spiro atoms. The summed E-state index contributed by atoms with van der Waals surface area (Å²) in [6.07, 6.45) is 0.745. The fourth-order valence-corrected chi connectivity index (χ4v) is 3.13. The zero-order valence-electron chi connectivity index (χ0n) is 11.6. The third kappa shape index (κ3) is 5.78. The van der Waals surface area contributed by atoms with E-state index >= 15 is 0 Å². The molecule has 112 valence electrons. The van der Waals surface area contributed by atoms with Gasteiger partial charge in [-0.3, -0.25) is 4.21 Å². The molecule has 2 aromatic carbocycles. The van der Waals surface area contributed by atoms with Crippen LogP contribution in [0.3, 0.4) is 0 Å². The van der Waals surface area contributed by atoms with E-state index in [0.717, 1.165) is 17.7 Å². The Morgan fingerprint density at radius 2 is 1.90 bits per heavy atom. The first kappa shape index (κ1) is 15.9. The number of nitrogen functional groups attached to an aromatic ring is 1. The lowest BCUT2D eigenvalue weighted by Crippen LogP contribution is -2.06. The van der Waals surface area contributed by atoms with Crippen LogP contribution in [-0.2, 0) is 16.6 Å². The van der Waals surface area contributed by atoms with Gasteiger partial charge in [-0.2, -0.15) is 0 Å². The van der Waals surface area contributed by atoms with Gasteiger partial charge in [-0.05, 0) is 36.2 Å². The summed E-state index contributed by atoms with van der Waals surface area (Å²) in [6.45, 7) is 0.538. The average molecular weight is 324 g/mol. The summed E-state index contributed by atoms with van der Waals surface area (Å²) in [4.78, 5) is 0. The van der Waals surface area contributed by atoms with Crippen LogP contribution in [0.1, 0.15) is 12.0 Å². The predicted octanol–water partition coefficient (Wildman–Crippen LogP) is 3.64. The van der Waals surface area contributed by atoms with Gasteiger partial charge >= 0.3 is 0 Å². The third-order valence-corrected chi connectivity index (χ3v) is 4.54. The Labute approximate surface area is 132 Å². The molecule has 2 N–H and O–H groups in total. The lowest BCUT2D eigenvalue weighted by molar-refractivity contribution is 0.318. The molecule has 0 heterocycles. The Morgan fingerprint density at radius 1 is 1.14 bits per heavy atom. The van der Waals surface area contributed by atoms with Crippen LogP contribution in [0.2, 0.25) is 5.02 Å². The van der Waals surface area contributed by atoms with Crippen molar-refractivity contribution < 1.29 is 8.95 Å². The zero-order valence-corrected chi connectivity index (χ0v) is 13.2. The number of hydrogen-bond acceptors (Lipinski definition) is 3. The first-order valence-electron chi connectivity index (χ1n) is 6.71. The second-order valence-electron chi connectivity index (χ2n) is 4.69. The van der Waals surface area contributed by atoms with Crippen LogP contribution in [-0.4, -0.2) is 16.6 Å². The van der Waals surface area contributed by atoms with E-state index in [1.165, 1.54) is 0 Å². The molecule has 0 aliphatic heterocycles. The Balaban J connectivity index is 1.68. The maximum atomic E-state index is 12.0. The molecule has 0 amide bonds. The van der Waals surface area contributed by atoms with Gasteiger partial charge in [0, 0.05) is 39.1 Å². The average Bonchev–Trinajstić information content (AvgIpc) is 2.46. The number of anilines is 1. The first-order chi connectivity index (χ1) is 10.1. The number of benzene rings is 2. The van der Waals surface area contributed by atoms with E-state index in [2.05, 4.69) is 0 Å². The summed E-state index contributed by atoms with van der Waals surface area (Å²) in [6, 6.07) is 14.8. The van der Waals surface area contributed by atoms with Crippen LogP contribution >= 0.6 is 11.6 Å². The van der Waals surface area contributed by atoms with E-state index in [0.29, 0.717) is 28.8 Å². The van der Waals surface area contributed by atoms with Gasteiger partial charge < -0.3 is 10.5 Å². The quantitative estimate of drug-likeness (QED) is 0.625. The van der Waals surface area contributed by atoms with Gasteiger partial charge in [0.05, 0.1) is 6.61 Å². The molecule has 3 nitrogen and oxygen atoms in total. The molecule has 0 radical (unpaired) electrons. The van der Waals surface area contributed by atoms with E-state index in [-0.39, 0.29) is 0 Å². The minimum absolute atomic E-state index is 0.538. The lowest BCUT2D eigenvalue weighted by atomic mass is 10.2. The van der Waals surface area contributed by atoms with Crippen LogP contribution in [0.4, 0.5) is 5.69 Å². The third-order valence-electron chi connectivity index (χ3n) is 2.88. The second kappa shape index (κ2) is 8.05. The van der Waals surface area contributed by atoms with Gasteiger partial charge in [0.2, 0.25) is 0 Å². The van der Waals surface area contributed by atoms with Crippen molar-refractivity contribution in [1.82, 2.24) is 0 Å². The summed E-state index contributed by atoms with van der Waals surface area (Å²) in [5.74, 6) is 1.92. The fraction of sp³-hybridized carbons (Fsp3) is 0.250. The normalized spacial score (nSPS) is 12.0. The lowest BCUT2D eigenvalue weighted by Gasteiger charge is -2.07. The summed E-state index contributed by atoms with van der Waals surface area (Å²) >= 11 is 5.82. The Morgan fingerprint density at radius 3 is 2.62 bits per heavy atom. The highest BCUT2D eigenvalue weighted by molar-refractivity contribution is 7.84. The van der Waals surface area contributed by atoms with E-state index in [1.54, 1.807) is 6.07 Å². The van der Waals surface area contributed by atoms with Crippen molar-refractivity contribution in [3.63, 3.8) is 0 Å². The summed E-state index contributed by atoms with van der Waals surface area (Å²) in [7, 11) is -0.888. The van der Waals surface area contributed by atoms with Crippen molar-refractivity contribution in [3.05, 3.63) is 59.1 Å². The topological polar surface area (TPSA) is 52.3 Å². The molecule has 0 aliphatic rings. The highest BCUT2D eigenvalue weighted by Crippen LogP contribution is 2.15. The predicted molar refractivity (Wildman–Crippen MR) is 89.1 cm³/mol. The van der Waals surface area contributed by atoms with Crippen LogP contribution in [0.15, 0.2) is 48.5 Å². The first-order valence-corrected chi connectivity index (χ1v) is 8.58. The molecule has 2 aromatic rings. The van der Waals surface area contributed by atoms with Crippen molar-refractivity contribution >= 4 is 28.1 Å². The molecule has 0 aromatic heterocycles. The van der Waals surface area contributed by atoms with Crippen molar-refractivity contribution in [3.8, 4) is 5.75 Å². The minimum atomic E-state index is -0.888. The monoisotopic (exact) mass is 323 g/mol. The van der Waals surface area contributed by atoms with Gasteiger partial charge in [-0.1, -0.05) is 29.8 Å². The standard InChI is InChI=1S/C16H18ClNO2S/c17-14-7-5-13(6-8-14)12-21(19)10-2-9-20-16-4-1-3-15(18)11-16/h1,3-8,11H,2,9-10,12,18H2. The Bertz CT molecular complexity index is 601. The van der Waals surface area contributed by atoms with Crippen LogP contribution < -0.4 is 10.5 Å². The highest BCUT2D eigenvalue weighted by atomic mass is 35.5. The number of rotatable bonds is 7. The van der Waals surface area contributed by atoms with E-state index in [4.69, 9.17) is 22.1 Å². The van der Waals surface area contributed by atoms with Gasteiger partial charge in [-0.25, -0.2) is 0 Å². The molecule has 0 aliphatic carbocycles. The van der Waals surface area contributed by atoms with Gasteiger partial charge in [0.15, 0.2) is 0 Å². The molecule has 1 unspecified atom stereocenters. The SMILES string of the molecule is Nc1cccc(OCCCS(=O)Cc2ccc(Cl)cc2)c1. The van der Waals surface area contributed by atoms with Crippen LogP contribution in [0.25, 0.3) is 0 Å². The Kier molecular flexibility index (Phi) is 6.08. The van der Waals surface area contributed by atoms with Crippen molar-refractivity contribution in [2.45, 2.75) is 12.2 Å². The maximum absolute atomic E-state index is 12.0. The molecule has 0 saturated heterocycles. The summed E-state index contributed by atoms with van der Waals surface area (Å²) in [5.41, 5.74) is 7.39. The molecule has 1 atom stereocenters. The number of ether oxygens (including phenoxy) is 1. The van der Waals surface area contributed by atoms with Crippen LogP contribution in [0.5, 0.6) is 5.75 Å². The van der Waals surface area contributed by atoms with Crippen molar-refractivity contribution in [2.24, 2.45) is 0 Å². The molecule has 5 heteroatoms. The van der Waals surface area contributed by atoms with E-state index in [1.807, 2.05) is 42.5 Å². The molecule has 0 saturated carbocycles. The number of nitrogens with two attached hydrogens (primary N) is 1. The smallest absolute Gasteiger partial charge is 0.121 e. The van der Waals surface area contributed by atoms with Gasteiger partial charge in [0.1, 0.15) is 5.75 Å². The molecule has 2 rings (SSSR count). The fourth-order valence-electron chi connectivity index (χ4n) is 1.85. The zero-order chi connectivity index (χ0) is 15.1.